The first-order chi connectivity index (χ1) is 19.5. The van der Waals surface area contributed by atoms with E-state index in [1.165, 1.54) is 46.7 Å². The molecule has 3 N–H and O–H groups in total. The van der Waals surface area contributed by atoms with Crippen LogP contribution >= 0.6 is 0 Å². The van der Waals surface area contributed by atoms with Crippen LogP contribution < -0.4 is 40.8 Å². The molecule has 2 heterocycles. The molecule has 2 aromatic carbocycles. The van der Waals surface area contributed by atoms with E-state index in [1.54, 1.807) is 30.6 Å². The van der Waals surface area contributed by atoms with E-state index in [2.05, 4.69) is 19.9 Å². The maximum absolute atomic E-state index is 13.6. The third-order valence-corrected chi connectivity index (χ3v) is 6.38. The molecule has 4 rings (SSSR count). The number of ketones is 1. The lowest BCUT2D eigenvalue weighted by atomic mass is 9.90. The van der Waals surface area contributed by atoms with Crippen molar-refractivity contribution < 1.29 is 23.7 Å². The minimum atomic E-state index is -0.508. The van der Waals surface area contributed by atoms with Crippen LogP contribution in [0.4, 0.5) is 0 Å². The summed E-state index contributed by atoms with van der Waals surface area (Å²) in [5.41, 5.74) is 1.17. The Labute approximate surface area is 235 Å². The summed E-state index contributed by atoms with van der Waals surface area (Å²) in [6, 6.07) is 8.12. The predicted molar refractivity (Wildman–Crippen MR) is 154 cm³/mol. The standard InChI is InChI=1S/C30H32N4O7/c1-30(2,3)27-19(31-15-32-27)14-21-29(37)33-20(28(36)34-21)12-16-9-8-10-17(11-16)23(35)18-13-22(38-4)25(40-6)26(41-7)24(18)39-5/h8-15H,1-7H3,(H,31,32)(H,33,37)(H,34,36)/b20-12-,21-14-. The summed E-state index contributed by atoms with van der Waals surface area (Å²) in [6.07, 6.45) is 4.57. The number of nitrogens with one attached hydrogen (secondary N) is 3. The van der Waals surface area contributed by atoms with E-state index in [0.717, 1.165) is 5.69 Å². The van der Waals surface area contributed by atoms with E-state index in [9.17, 15) is 14.4 Å². The third kappa shape index (κ3) is 5.79. The number of imidazole rings is 1. The summed E-state index contributed by atoms with van der Waals surface area (Å²) in [7, 11) is 5.76. The molecule has 0 fully saturated rings. The van der Waals surface area contributed by atoms with Crippen molar-refractivity contribution in [2.45, 2.75) is 26.2 Å². The van der Waals surface area contributed by atoms with Crippen molar-refractivity contribution >= 4 is 17.9 Å². The van der Waals surface area contributed by atoms with Crippen LogP contribution in [-0.2, 0) is 5.41 Å². The Balaban J connectivity index is 1.77. The number of carbonyl (C=O) groups excluding carboxylic acids is 1. The summed E-state index contributed by atoms with van der Waals surface area (Å²) in [4.78, 5) is 52.0. The fourth-order valence-electron chi connectivity index (χ4n) is 4.44. The summed E-state index contributed by atoms with van der Waals surface area (Å²) < 4.78 is 21.7. The van der Waals surface area contributed by atoms with Gasteiger partial charge in [-0.2, -0.15) is 0 Å². The monoisotopic (exact) mass is 560 g/mol. The molecule has 11 heteroatoms. The third-order valence-electron chi connectivity index (χ3n) is 6.38. The lowest BCUT2D eigenvalue weighted by Crippen LogP contribution is -2.46. The second-order valence-electron chi connectivity index (χ2n) is 10.1. The quantitative estimate of drug-likeness (QED) is 0.277. The number of carbonyl (C=O) groups is 1. The van der Waals surface area contributed by atoms with Crippen LogP contribution in [0.25, 0.3) is 12.2 Å². The van der Waals surface area contributed by atoms with Crippen LogP contribution in [0.5, 0.6) is 23.0 Å². The molecule has 0 aliphatic heterocycles. The molecular formula is C30H32N4O7. The summed E-state index contributed by atoms with van der Waals surface area (Å²) in [5, 5.41) is 0.100. The van der Waals surface area contributed by atoms with Gasteiger partial charge in [0.1, 0.15) is 10.7 Å². The number of ether oxygens (including phenoxy) is 4. The molecule has 0 saturated carbocycles. The zero-order chi connectivity index (χ0) is 29.9. The molecule has 0 spiro atoms. The number of methoxy groups -OCH3 is 4. The Hall–Kier alpha value is -5.06. The van der Waals surface area contributed by atoms with Gasteiger partial charge in [-0.15, -0.1) is 0 Å². The average Bonchev–Trinajstić information content (AvgIpc) is 3.43. The van der Waals surface area contributed by atoms with Crippen LogP contribution in [0, 0.1) is 0 Å². The number of hydrogen-bond donors (Lipinski definition) is 3. The Kier molecular flexibility index (Phi) is 8.18. The second-order valence-corrected chi connectivity index (χ2v) is 10.1. The van der Waals surface area contributed by atoms with E-state index in [0.29, 0.717) is 22.6 Å². The molecule has 0 amide bonds. The van der Waals surface area contributed by atoms with Crippen molar-refractivity contribution in [2.24, 2.45) is 0 Å². The predicted octanol–water partition coefficient (Wildman–Crippen LogP) is 2.01. The van der Waals surface area contributed by atoms with Crippen LogP contribution in [0.3, 0.4) is 0 Å². The van der Waals surface area contributed by atoms with Gasteiger partial charge in [0.25, 0.3) is 11.1 Å². The minimum Gasteiger partial charge on any atom is -0.493 e. The molecule has 0 aliphatic carbocycles. The minimum absolute atomic E-state index is 0.0280. The highest BCUT2D eigenvalue weighted by Gasteiger charge is 2.26. The topological polar surface area (TPSA) is 148 Å². The molecular weight excluding hydrogens is 528 g/mol. The number of aromatic nitrogens is 4. The van der Waals surface area contributed by atoms with E-state index in [1.807, 2.05) is 20.8 Å². The maximum Gasteiger partial charge on any atom is 0.272 e. The average molecular weight is 561 g/mol. The molecule has 4 aromatic rings. The number of H-pyrrole nitrogens is 3. The molecule has 0 aliphatic rings. The highest BCUT2D eigenvalue weighted by Crippen LogP contribution is 2.47. The first kappa shape index (κ1) is 28.9. The molecule has 2 aromatic heterocycles. The molecule has 0 atom stereocenters. The number of nitrogens with zero attached hydrogens (tertiary/aromatic N) is 1. The molecule has 41 heavy (non-hydrogen) atoms. The van der Waals surface area contributed by atoms with Crippen molar-refractivity contribution in [3.63, 3.8) is 0 Å². The normalized spacial score (nSPS) is 12.4. The van der Waals surface area contributed by atoms with Crippen LogP contribution in [-0.4, -0.2) is 54.2 Å². The molecule has 11 nitrogen and oxygen atoms in total. The Morgan fingerprint density at radius 3 is 2.05 bits per heavy atom. The van der Waals surface area contributed by atoms with E-state index < -0.39 is 11.1 Å². The van der Waals surface area contributed by atoms with Crippen molar-refractivity contribution in [3.8, 4) is 23.0 Å². The van der Waals surface area contributed by atoms with Crippen molar-refractivity contribution in [1.82, 2.24) is 19.9 Å². The number of hydrogen-bond acceptors (Lipinski definition) is 8. The van der Waals surface area contributed by atoms with Crippen LogP contribution in [0.15, 0.2) is 46.2 Å². The molecule has 0 radical (unpaired) electrons. The Bertz CT molecular complexity index is 1840. The number of rotatable bonds is 8. The number of benzene rings is 2. The summed E-state index contributed by atoms with van der Waals surface area (Å²) in [5.74, 6) is 0.602. The maximum atomic E-state index is 13.6. The summed E-state index contributed by atoms with van der Waals surface area (Å²) >= 11 is 0. The smallest absolute Gasteiger partial charge is 0.272 e. The van der Waals surface area contributed by atoms with Crippen molar-refractivity contribution in [3.05, 3.63) is 96.1 Å². The largest absolute Gasteiger partial charge is 0.493 e. The highest BCUT2D eigenvalue weighted by atomic mass is 16.5. The van der Waals surface area contributed by atoms with Gasteiger partial charge in [0.15, 0.2) is 17.3 Å². The Morgan fingerprint density at radius 1 is 0.829 bits per heavy atom. The van der Waals surface area contributed by atoms with Gasteiger partial charge in [0.05, 0.1) is 46.0 Å². The van der Waals surface area contributed by atoms with E-state index in [4.69, 9.17) is 18.9 Å². The van der Waals surface area contributed by atoms with E-state index in [-0.39, 0.29) is 44.7 Å². The van der Waals surface area contributed by atoms with Gasteiger partial charge >= 0.3 is 0 Å². The van der Waals surface area contributed by atoms with Gasteiger partial charge in [-0.25, -0.2) is 4.98 Å². The first-order valence-electron chi connectivity index (χ1n) is 12.6. The molecule has 0 saturated heterocycles. The van der Waals surface area contributed by atoms with Gasteiger partial charge in [-0.1, -0.05) is 39.0 Å². The SMILES string of the molecule is COc1cc(C(=O)c2cccc(/C=c3\[nH]c(=O)/c(=C/c4nc[nH]c4C(C)(C)C)[nH]c3=O)c2)c(OC)c(OC)c1OC. The van der Waals surface area contributed by atoms with Crippen molar-refractivity contribution in [1.29, 1.82) is 0 Å². The van der Waals surface area contributed by atoms with E-state index >= 15 is 0 Å². The first-order valence-corrected chi connectivity index (χ1v) is 12.6. The highest BCUT2D eigenvalue weighted by molar-refractivity contribution is 6.12. The van der Waals surface area contributed by atoms with Gasteiger partial charge in [-0.3, -0.25) is 14.4 Å². The Morgan fingerprint density at radius 2 is 1.46 bits per heavy atom. The van der Waals surface area contributed by atoms with Gasteiger partial charge in [0.2, 0.25) is 11.5 Å². The second kappa shape index (κ2) is 11.6. The summed E-state index contributed by atoms with van der Waals surface area (Å²) in [6.45, 7) is 6.04. The molecule has 0 unspecified atom stereocenters. The molecule has 214 valence electrons. The fraction of sp³-hybridized carbons (Fsp3) is 0.267. The lowest BCUT2D eigenvalue weighted by Gasteiger charge is -2.18. The van der Waals surface area contributed by atoms with Gasteiger partial charge in [-0.05, 0) is 29.8 Å². The fourth-order valence-corrected chi connectivity index (χ4v) is 4.44. The van der Waals surface area contributed by atoms with Crippen molar-refractivity contribution in [2.75, 3.05) is 28.4 Å². The lowest BCUT2D eigenvalue weighted by molar-refractivity contribution is 0.103. The number of aromatic amines is 3. The zero-order valence-electron chi connectivity index (χ0n) is 23.9. The van der Waals surface area contributed by atoms with Crippen LogP contribution in [0.2, 0.25) is 0 Å². The van der Waals surface area contributed by atoms with Gasteiger partial charge in [0, 0.05) is 16.7 Å². The van der Waals surface area contributed by atoms with Crippen LogP contribution in [0.1, 0.15) is 53.6 Å². The van der Waals surface area contributed by atoms with Gasteiger partial charge < -0.3 is 33.9 Å². The zero-order valence-corrected chi connectivity index (χ0v) is 23.9. The molecule has 0 bridgehead atoms.